The molecule has 0 fully saturated rings. The Balaban J connectivity index is 1.75. The summed E-state index contributed by atoms with van der Waals surface area (Å²) in [5.41, 5.74) is 7.32. The minimum atomic E-state index is -3.43. The van der Waals surface area contributed by atoms with Crippen LogP contribution in [0, 0.1) is 5.41 Å². The fourth-order valence-corrected chi connectivity index (χ4v) is 3.52. The number of nitrogens with two attached hydrogens (primary N) is 1. The molecular weight excluding hydrogens is 328 g/mol. The molecule has 2 aromatic rings. The van der Waals surface area contributed by atoms with Gasteiger partial charge in [0, 0.05) is 22.3 Å². The number of amidine groups is 1. The summed E-state index contributed by atoms with van der Waals surface area (Å²) in [6.07, 6.45) is 1.52. The van der Waals surface area contributed by atoms with Gasteiger partial charge in [-0.15, -0.1) is 0 Å². The van der Waals surface area contributed by atoms with Crippen molar-refractivity contribution in [1.29, 1.82) is 5.41 Å². The van der Waals surface area contributed by atoms with E-state index in [0.29, 0.717) is 22.5 Å². The number of fused-ring (bicyclic) bond motifs is 1. The van der Waals surface area contributed by atoms with Gasteiger partial charge in [0.05, 0.1) is 4.90 Å². The molecule has 8 heteroatoms. The summed E-state index contributed by atoms with van der Waals surface area (Å²) in [5, 5.41) is 13.7. The molecule has 3 rings (SSSR count). The van der Waals surface area contributed by atoms with Crippen LogP contribution >= 0.6 is 0 Å². The third-order valence-corrected chi connectivity index (χ3v) is 4.90. The summed E-state index contributed by atoms with van der Waals surface area (Å²) in [5.74, 6) is -0.101. The van der Waals surface area contributed by atoms with E-state index in [-0.39, 0.29) is 10.7 Å². The Labute approximate surface area is 138 Å². The molecule has 1 heterocycles. The Morgan fingerprint density at radius 1 is 1.04 bits per heavy atom. The van der Waals surface area contributed by atoms with Gasteiger partial charge in [-0.25, -0.2) is 13.2 Å². The summed E-state index contributed by atoms with van der Waals surface area (Å²) in [4.78, 5) is 12.2. The molecule has 0 aromatic heterocycles. The number of urea groups is 1. The zero-order valence-corrected chi connectivity index (χ0v) is 13.2. The predicted octanol–water partition coefficient (Wildman–Crippen LogP) is 2.37. The molecule has 2 amide bonds. The quantitative estimate of drug-likeness (QED) is 0.505. The summed E-state index contributed by atoms with van der Waals surface area (Å²) >= 11 is 0. The number of carbonyl (C=O) groups excluding carboxylic acids is 1. The SMILES string of the molecule is N=C(N)c1cccc(NC(=O)Nc2ccc3c(c2)S(=O)(=O)C=C3)c1. The van der Waals surface area contributed by atoms with E-state index in [0.717, 1.165) is 5.41 Å². The average Bonchev–Trinajstić information content (AvgIpc) is 2.83. The van der Waals surface area contributed by atoms with Crippen molar-refractivity contribution in [2.75, 3.05) is 10.6 Å². The van der Waals surface area contributed by atoms with Gasteiger partial charge < -0.3 is 16.4 Å². The van der Waals surface area contributed by atoms with Crippen molar-refractivity contribution in [1.82, 2.24) is 0 Å². The summed E-state index contributed by atoms with van der Waals surface area (Å²) in [6, 6.07) is 10.7. The lowest BCUT2D eigenvalue weighted by Gasteiger charge is -2.10. The fraction of sp³-hybridized carbons (Fsp3) is 0. The first-order chi connectivity index (χ1) is 11.3. The van der Waals surface area contributed by atoms with Gasteiger partial charge in [-0.2, -0.15) is 0 Å². The second-order valence-electron chi connectivity index (χ2n) is 5.17. The molecule has 0 unspecified atom stereocenters. The molecule has 5 N–H and O–H groups in total. The van der Waals surface area contributed by atoms with Crippen LogP contribution in [-0.4, -0.2) is 20.3 Å². The lowest BCUT2D eigenvalue weighted by atomic mass is 10.2. The molecule has 0 atom stereocenters. The van der Waals surface area contributed by atoms with Crippen molar-refractivity contribution in [3.05, 3.63) is 59.0 Å². The zero-order valence-electron chi connectivity index (χ0n) is 12.4. The molecule has 7 nitrogen and oxygen atoms in total. The van der Waals surface area contributed by atoms with Crippen LogP contribution in [0.15, 0.2) is 52.8 Å². The highest BCUT2D eigenvalue weighted by atomic mass is 32.2. The van der Waals surface area contributed by atoms with Gasteiger partial charge >= 0.3 is 6.03 Å². The first kappa shape index (κ1) is 15.8. The number of hydrogen-bond donors (Lipinski definition) is 4. The Morgan fingerprint density at radius 3 is 2.46 bits per heavy atom. The number of nitrogens with one attached hydrogen (secondary N) is 3. The van der Waals surface area contributed by atoms with Gasteiger partial charge in [0.1, 0.15) is 5.84 Å². The standard InChI is InChI=1S/C16H14N4O3S/c17-15(18)11-2-1-3-12(8-11)19-16(21)20-13-5-4-10-6-7-24(22,23)14(10)9-13/h1-9H,(H3,17,18)(H2,19,20,21). The van der Waals surface area contributed by atoms with Gasteiger partial charge in [-0.3, -0.25) is 5.41 Å². The highest BCUT2D eigenvalue weighted by Crippen LogP contribution is 2.29. The van der Waals surface area contributed by atoms with Crippen molar-refractivity contribution in [3.63, 3.8) is 0 Å². The Bertz CT molecular complexity index is 981. The molecule has 1 aliphatic heterocycles. The number of amides is 2. The van der Waals surface area contributed by atoms with E-state index in [1.54, 1.807) is 36.4 Å². The van der Waals surface area contributed by atoms with Crippen molar-refractivity contribution >= 4 is 39.2 Å². The normalized spacial score (nSPS) is 14.0. The highest BCUT2D eigenvalue weighted by molar-refractivity contribution is 7.94. The average molecular weight is 342 g/mol. The maximum absolute atomic E-state index is 12.1. The van der Waals surface area contributed by atoms with E-state index >= 15 is 0 Å². The molecule has 24 heavy (non-hydrogen) atoms. The van der Waals surface area contributed by atoms with Crippen LogP contribution in [0.3, 0.4) is 0 Å². The second kappa shape index (κ2) is 5.82. The topological polar surface area (TPSA) is 125 Å². The largest absolute Gasteiger partial charge is 0.384 e. The molecule has 0 saturated heterocycles. The van der Waals surface area contributed by atoms with Crippen LogP contribution in [0.2, 0.25) is 0 Å². The molecule has 0 radical (unpaired) electrons. The fourth-order valence-electron chi connectivity index (χ4n) is 2.29. The zero-order chi connectivity index (χ0) is 17.3. The van der Waals surface area contributed by atoms with Crippen molar-refractivity contribution in [2.24, 2.45) is 5.73 Å². The van der Waals surface area contributed by atoms with Crippen LogP contribution in [0.1, 0.15) is 11.1 Å². The summed E-state index contributed by atoms with van der Waals surface area (Å²) in [6.45, 7) is 0. The Morgan fingerprint density at radius 2 is 1.75 bits per heavy atom. The predicted molar refractivity (Wildman–Crippen MR) is 92.8 cm³/mol. The van der Waals surface area contributed by atoms with Crippen molar-refractivity contribution < 1.29 is 13.2 Å². The Kier molecular flexibility index (Phi) is 3.82. The molecule has 0 bridgehead atoms. The maximum atomic E-state index is 12.1. The van der Waals surface area contributed by atoms with Crippen molar-refractivity contribution in [2.45, 2.75) is 4.90 Å². The molecule has 0 aliphatic carbocycles. The molecule has 0 saturated carbocycles. The van der Waals surface area contributed by atoms with E-state index < -0.39 is 15.9 Å². The van der Waals surface area contributed by atoms with Crippen LogP contribution in [0.4, 0.5) is 16.2 Å². The second-order valence-corrected chi connectivity index (χ2v) is 6.98. The number of carbonyl (C=O) groups is 1. The summed E-state index contributed by atoms with van der Waals surface area (Å²) < 4.78 is 23.7. The van der Waals surface area contributed by atoms with E-state index in [1.807, 2.05) is 0 Å². The van der Waals surface area contributed by atoms with Crippen LogP contribution in [0.25, 0.3) is 6.08 Å². The third kappa shape index (κ3) is 3.13. The van der Waals surface area contributed by atoms with Gasteiger partial charge in [-0.05, 0) is 35.9 Å². The number of rotatable bonds is 3. The van der Waals surface area contributed by atoms with Gasteiger partial charge in [0.2, 0.25) is 9.84 Å². The summed E-state index contributed by atoms with van der Waals surface area (Å²) in [7, 11) is -3.43. The third-order valence-electron chi connectivity index (χ3n) is 3.44. The van der Waals surface area contributed by atoms with Crippen LogP contribution in [0.5, 0.6) is 0 Å². The number of sulfone groups is 1. The smallest absolute Gasteiger partial charge is 0.323 e. The number of benzene rings is 2. The number of hydrogen-bond acceptors (Lipinski definition) is 4. The first-order valence-corrected chi connectivity index (χ1v) is 8.49. The van der Waals surface area contributed by atoms with Gasteiger partial charge in [-0.1, -0.05) is 18.2 Å². The minimum absolute atomic E-state index is 0.101. The number of anilines is 2. The molecule has 0 spiro atoms. The Hall–Kier alpha value is -3.13. The highest BCUT2D eigenvalue weighted by Gasteiger charge is 2.21. The monoisotopic (exact) mass is 342 g/mol. The molecule has 1 aliphatic rings. The lowest BCUT2D eigenvalue weighted by Crippen LogP contribution is -2.20. The first-order valence-electron chi connectivity index (χ1n) is 6.95. The molecule has 122 valence electrons. The van der Waals surface area contributed by atoms with Gasteiger partial charge in [0.15, 0.2) is 0 Å². The van der Waals surface area contributed by atoms with Gasteiger partial charge in [0.25, 0.3) is 0 Å². The van der Waals surface area contributed by atoms with Crippen LogP contribution in [-0.2, 0) is 9.84 Å². The van der Waals surface area contributed by atoms with E-state index in [9.17, 15) is 13.2 Å². The number of nitrogen functional groups attached to an aromatic ring is 1. The molecule has 2 aromatic carbocycles. The van der Waals surface area contributed by atoms with Crippen LogP contribution < -0.4 is 16.4 Å². The van der Waals surface area contributed by atoms with E-state index in [1.165, 1.54) is 12.1 Å². The van der Waals surface area contributed by atoms with Crippen molar-refractivity contribution in [3.8, 4) is 0 Å². The molecular formula is C16H14N4O3S. The minimum Gasteiger partial charge on any atom is -0.384 e. The van der Waals surface area contributed by atoms with E-state index in [4.69, 9.17) is 11.1 Å². The lowest BCUT2D eigenvalue weighted by molar-refractivity contribution is 0.262. The van der Waals surface area contributed by atoms with E-state index in [2.05, 4.69) is 10.6 Å². The maximum Gasteiger partial charge on any atom is 0.323 e.